The van der Waals surface area contributed by atoms with Crippen LogP contribution in [0.3, 0.4) is 0 Å². The average molecular weight is 188 g/mol. The van der Waals surface area contributed by atoms with Crippen molar-refractivity contribution < 1.29 is 4.74 Å². The van der Waals surface area contributed by atoms with E-state index >= 15 is 0 Å². The third-order valence-electron chi connectivity index (χ3n) is 1.98. The molecule has 0 N–H and O–H groups in total. The van der Waals surface area contributed by atoms with Gasteiger partial charge in [-0.05, 0) is 24.6 Å². The molecule has 0 aliphatic rings. The van der Waals surface area contributed by atoms with Crippen LogP contribution in [0.4, 0.5) is 0 Å². The van der Waals surface area contributed by atoms with E-state index in [9.17, 15) is 0 Å². The third-order valence-corrected chi connectivity index (χ3v) is 1.98. The number of hydrogen-bond acceptors (Lipinski definition) is 2. The van der Waals surface area contributed by atoms with Gasteiger partial charge in [0, 0.05) is 19.4 Å². The third kappa shape index (κ3) is 1.76. The highest BCUT2D eigenvalue weighted by Crippen LogP contribution is 2.19. The van der Waals surface area contributed by atoms with Gasteiger partial charge >= 0.3 is 6.01 Å². The number of aryl methyl sites for hydroxylation is 2. The zero-order chi connectivity index (χ0) is 9.97. The van der Waals surface area contributed by atoms with Crippen LogP contribution in [0.5, 0.6) is 11.8 Å². The van der Waals surface area contributed by atoms with Gasteiger partial charge in [0.25, 0.3) is 0 Å². The molecule has 1 heterocycles. The molecule has 0 fully saturated rings. The molecule has 1 aromatic carbocycles. The van der Waals surface area contributed by atoms with E-state index < -0.39 is 0 Å². The fourth-order valence-corrected chi connectivity index (χ4v) is 1.23. The second-order valence-electron chi connectivity index (χ2n) is 3.24. The molecule has 14 heavy (non-hydrogen) atoms. The van der Waals surface area contributed by atoms with Crippen LogP contribution in [-0.2, 0) is 7.05 Å². The van der Waals surface area contributed by atoms with Crippen LogP contribution >= 0.6 is 0 Å². The van der Waals surface area contributed by atoms with E-state index in [4.69, 9.17) is 4.74 Å². The number of aromatic nitrogens is 2. The summed E-state index contributed by atoms with van der Waals surface area (Å²) in [4.78, 5) is 4.08. The van der Waals surface area contributed by atoms with Gasteiger partial charge in [-0.3, -0.25) is 0 Å². The second kappa shape index (κ2) is 3.54. The lowest BCUT2D eigenvalue weighted by Crippen LogP contribution is -1.93. The Morgan fingerprint density at radius 2 is 2.21 bits per heavy atom. The molecular weight excluding hydrogens is 176 g/mol. The molecule has 0 spiro atoms. The maximum Gasteiger partial charge on any atom is 0.301 e. The molecule has 72 valence electrons. The van der Waals surface area contributed by atoms with Crippen molar-refractivity contribution >= 4 is 0 Å². The molecule has 0 saturated heterocycles. The Labute approximate surface area is 83.0 Å². The van der Waals surface area contributed by atoms with Crippen molar-refractivity contribution in [3.05, 3.63) is 42.2 Å². The van der Waals surface area contributed by atoms with Gasteiger partial charge in [0.1, 0.15) is 5.75 Å². The molecule has 0 atom stereocenters. The number of benzene rings is 1. The minimum atomic E-state index is 0.607. The highest BCUT2D eigenvalue weighted by atomic mass is 16.5. The van der Waals surface area contributed by atoms with Crippen LogP contribution in [0.25, 0.3) is 0 Å². The summed E-state index contributed by atoms with van der Waals surface area (Å²) in [5, 5.41) is 0. The fraction of sp³-hybridized carbons (Fsp3) is 0.182. The number of hydrogen-bond donors (Lipinski definition) is 0. The van der Waals surface area contributed by atoms with E-state index in [2.05, 4.69) is 4.98 Å². The summed E-state index contributed by atoms with van der Waals surface area (Å²) in [6.45, 7) is 2.03. The number of ether oxygens (including phenoxy) is 1. The fourth-order valence-electron chi connectivity index (χ4n) is 1.23. The topological polar surface area (TPSA) is 27.1 Å². The van der Waals surface area contributed by atoms with E-state index in [1.54, 1.807) is 6.20 Å². The van der Waals surface area contributed by atoms with Crippen molar-refractivity contribution in [1.29, 1.82) is 0 Å². The Hall–Kier alpha value is -1.77. The molecule has 0 bridgehead atoms. The maximum atomic E-state index is 5.58. The summed E-state index contributed by atoms with van der Waals surface area (Å²) in [5.74, 6) is 0.819. The number of imidazole rings is 1. The van der Waals surface area contributed by atoms with Gasteiger partial charge in [0.05, 0.1) is 0 Å². The van der Waals surface area contributed by atoms with Gasteiger partial charge in [0.2, 0.25) is 0 Å². The van der Waals surface area contributed by atoms with E-state index in [0.717, 1.165) is 5.75 Å². The summed E-state index contributed by atoms with van der Waals surface area (Å²) in [6.07, 6.45) is 3.57. The Morgan fingerprint density at radius 1 is 1.36 bits per heavy atom. The van der Waals surface area contributed by atoms with Crippen molar-refractivity contribution in [2.45, 2.75) is 6.92 Å². The van der Waals surface area contributed by atoms with E-state index in [1.807, 2.05) is 49.0 Å². The first kappa shape index (κ1) is 8.81. The van der Waals surface area contributed by atoms with Gasteiger partial charge in [-0.1, -0.05) is 12.1 Å². The average Bonchev–Trinajstić information content (AvgIpc) is 2.52. The molecule has 1 aromatic heterocycles. The van der Waals surface area contributed by atoms with Crippen LogP contribution in [0.1, 0.15) is 5.56 Å². The lowest BCUT2D eigenvalue weighted by atomic mass is 10.2. The van der Waals surface area contributed by atoms with Gasteiger partial charge in [-0.25, -0.2) is 4.98 Å². The maximum absolute atomic E-state index is 5.58. The summed E-state index contributed by atoms with van der Waals surface area (Å²) in [5.41, 5.74) is 1.18. The van der Waals surface area contributed by atoms with Gasteiger partial charge < -0.3 is 9.30 Å². The van der Waals surface area contributed by atoms with Gasteiger partial charge in [-0.2, -0.15) is 0 Å². The summed E-state index contributed by atoms with van der Waals surface area (Å²) < 4.78 is 7.42. The first-order valence-electron chi connectivity index (χ1n) is 4.47. The molecule has 2 aromatic rings. The van der Waals surface area contributed by atoms with Crippen LogP contribution < -0.4 is 4.74 Å². The number of rotatable bonds is 2. The molecule has 0 amide bonds. The van der Waals surface area contributed by atoms with E-state index in [1.165, 1.54) is 5.56 Å². The molecule has 0 radical (unpaired) electrons. The molecule has 2 rings (SSSR count). The molecule has 3 heteroatoms. The van der Waals surface area contributed by atoms with Gasteiger partial charge in [-0.15, -0.1) is 0 Å². The SMILES string of the molecule is Cc1cccc(Oc2nccn2C)c1. The molecule has 0 aliphatic heterocycles. The number of nitrogens with zero attached hydrogens (tertiary/aromatic N) is 2. The van der Waals surface area contributed by atoms with Gasteiger partial charge in [0.15, 0.2) is 0 Å². The second-order valence-corrected chi connectivity index (χ2v) is 3.24. The van der Waals surface area contributed by atoms with Crippen molar-refractivity contribution in [3.8, 4) is 11.8 Å². The van der Waals surface area contributed by atoms with Crippen LogP contribution in [0.15, 0.2) is 36.7 Å². The van der Waals surface area contributed by atoms with Crippen molar-refractivity contribution in [3.63, 3.8) is 0 Å². The van der Waals surface area contributed by atoms with E-state index in [-0.39, 0.29) is 0 Å². The Bertz CT molecular complexity index is 434. The standard InChI is InChI=1S/C11H12N2O/c1-9-4-3-5-10(8-9)14-11-12-6-7-13(11)2/h3-8H,1-2H3. The highest BCUT2D eigenvalue weighted by Gasteiger charge is 2.01. The summed E-state index contributed by atoms with van der Waals surface area (Å²) in [7, 11) is 1.90. The highest BCUT2D eigenvalue weighted by molar-refractivity contribution is 5.29. The van der Waals surface area contributed by atoms with Crippen LogP contribution in [0, 0.1) is 6.92 Å². The molecular formula is C11H12N2O. The minimum absolute atomic E-state index is 0.607. The zero-order valence-electron chi connectivity index (χ0n) is 8.27. The normalized spacial score (nSPS) is 10.1. The lowest BCUT2D eigenvalue weighted by Gasteiger charge is -2.04. The summed E-state index contributed by atoms with van der Waals surface area (Å²) in [6, 6.07) is 8.51. The monoisotopic (exact) mass is 188 g/mol. The van der Waals surface area contributed by atoms with Crippen LogP contribution in [0.2, 0.25) is 0 Å². The Balaban J connectivity index is 2.23. The molecule has 0 aliphatic carbocycles. The predicted molar refractivity (Wildman–Crippen MR) is 54.5 cm³/mol. The molecule has 3 nitrogen and oxygen atoms in total. The summed E-state index contributed by atoms with van der Waals surface area (Å²) >= 11 is 0. The zero-order valence-corrected chi connectivity index (χ0v) is 8.27. The van der Waals surface area contributed by atoms with Crippen molar-refractivity contribution in [2.75, 3.05) is 0 Å². The minimum Gasteiger partial charge on any atom is -0.426 e. The van der Waals surface area contributed by atoms with Crippen molar-refractivity contribution in [2.24, 2.45) is 7.05 Å². The first-order chi connectivity index (χ1) is 6.75. The van der Waals surface area contributed by atoms with Crippen molar-refractivity contribution in [1.82, 2.24) is 9.55 Å². The van der Waals surface area contributed by atoms with Crippen LogP contribution in [-0.4, -0.2) is 9.55 Å². The molecule has 0 saturated carbocycles. The lowest BCUT2D eigenvalue weighted by molar-refractivity contribution is 0.424. The Morgan fingerprint density at radius 3 is 2.86 bits per heavy atom. The quantitative estimate of drug-likeness (QED) is 0.724. The smallest absolute Gasteiger partial charge is 0.301 e. The first-order valence-corrected chi connectivity index (χ1v) is 4.47. The van der Waals surface area contributed by atoms with E-state index in [0.29, 0.717) is 6.01 Å². The largest absolute Gasteiger partial charge is 0.426 e. The molecule has 0 unspecified atom stereocenters. The Kier molecular flexibility index (Phi) is 2.23. The predicted octanol–water partition coefficient (Wildman–Crippen LogP) is 2.52.